The SMILES string of the molecule is C=C/C=C(\N)c1ccc2c(F)ccc(NC)c2c1C=O. The number of carbonyl (C=O) groups is 1. The van der Waals surface area contributed by atoms with Crippen molar-refractivity contribution < 1.29 is 9.18 Å². The minimum atomic E-state index is -0.375. The summed E-state index contributed by atoms with van der Waals surface area (Å²) >= 11 is 0. The van der Waals surface area contributed by atoms with Gasteiger partial charge < -0.3 is 11.1 Å². The van der Waals surface area contributed by atoms with Crippen molar-refractivity contribution in [2.45, 2.75) is 0 Å². The van der Waals surface area contributed by atoms with Gasteiger partial charge in [-0.15, -0.1) is 0 Å². The van der Waals surface area contributed by atoms with Crippen LogP contribution in [0.1, 0.15) is 15.9 Å². The third-order valence-corrected chi connectivity index (χ3v) is 3.16. The van der Waals surface area contributed by atoms with E-state index in [0.29, 0.717) is 39.6 Å². The summed E-state index contributed by atoms with van der Waals surface area (Å²) in [5.74, 6) is -0.375. The molecule has 0 fully saturated rings. The molecule has 0 spiro atoms. The third-order valence-electron chi connectivity index (χ3n) is 3.16. The lowest BCUT2D eigenvalue weighted by Gasteiger charge is -2.13. The maximum absolute atomic E-state index is 13.9. The van der Waals surface area contributed by atoms with Gasteiger partial charge in [0.1, 0.15) is 5.82 Å². The molecule has 20 heavy (non-hydrogen) atoms. The second-order valence-electron chi connectivity index (χ2n) is 4.27. The standard InChI is InChI=1S/C16H15FN2O/c1-3-4-14(18)10-5-6-11-13(17)7-8-15(19-2)16(11)12(10)9-20/h3-9,19H,1,18H2,2H3/b14-4-. The molecule has 0 aliphatic heterocycles. The highest BCUT2D eigenvalue weighted by atomic mass is 19.1. The highest BCUT2D eigenvalue weighted by molar-refractivity contribution is 6.08. The molecule has 0 unspecified atom stereocenters. The lowest BCUT2D eigenvalue weighted by atomic mass is 9.96. The van der Waals surface area contributed by atoms with Crippen LogP contribution in [0.25, 0.3) is 16.5 Å². The van der Waals surface area contributed by atoms with E-state index in [1.165, 1.54) is 6.07 Å². The van der Waals surface area contributed by atoms with Gasteiger partial charge in [-0.1, -0.05) is 24.8 Å². The zero-order valence-corrected chi connectivity index (χ0v) is 11.1. The molecular weight excluding hydrogens is 255 g/mol. The monoisotopic (exact) mass is 270 g/mol. The molecule has 2 aromatic rings. The summed E-state index contributed by atoms with van der Waals surface area (Å²) in [5, 5.41) is 3.88. The second kappa shape index (κ2) is 5.57. The number of aldehydes is 1. The average molecular weight is 270 g/mol. The number of nitrogens with two attached hydrogens (primary N) is 1. The van der Waals surface area contributed by atoms with Gasteiger partial charge in [-0.05, 0) is 18.2 Å². The number of nitrogens with one attached hydrogen (secondary N) is 1. The first kappa shape index (κ1) is 13.8. The van der Waals surface area contributed by atoms with Gasteiger partial charge in [0.2, 0.25) is 0 Å². The van der Waals surface area contributed by atoms with E-state index in [0.717, 1.165) is 0 Å². The van der Waals surface area contributed by atoms with E-state index in [2.05, 4.69) is 11.9 Å². The molecule has 0 saturated carbocycles. The predicted molar refractivity (Wildman–Crippen MR) is 81.2 cm³/mol. The summed E-state index contributed by atoms with van der Waals surface area (Å²) in [6.07, 6.45) is 3.84. The Morgan fingerprint density at radius 1 is 1.35 bits per heavy atom. The van der Waals surface area contributed by atoms with Crippen LogP contribution in [0.2, 0.25) is 0 Å². The van der Waals surface area contributed by atoms with Gasteiger partial charge in [0.15, 0.2) is 6.29 Å². The number of hydrogen-bond donors (Lipinski definition) is 2. The van der Waals surface area contributed by atoms with Gasteiger partial charge in [-0.25, -0.2) is 4.39 Å². The number of benzene rings is 2. The van der Waals surface area contributed by atoms with Crippen LogP contribution in [0.4, 0.5) is 10.1 Å². The van der Waals surface area contributed by atoms with Crippen LogP contribution < -0.4 is 11.1 Å². The molecule has 0 atom stereocenters. The molecular formula is C16H15FN2O. The summed E-state index contributed by atoms with van der Waals surface area (Å²) in [7, 11) is 1.72. The van der Waals surface area contributed by atoms with E-state index in [4.69, 9.17) is 5.73 Å². The van der Waals surface area contributed by atoms with Gasteiger partial charge in [0.25, 0.3) is 0 Å². The molecule has 2 aromatic carbocycles. The Bertz CT molecular complexity index is 720. The molecule has 3 nitrogen and oxygen atoms in total. The largest absolute Gasteiger partial charge is 0.398 e. The van der Waals surface area contributed by atoms with E-state index in [1.54, 1.807) is 37.4 Å². The van der Waals surface area contributed by atoms with Crippen molar-refractivity contribution in [2.24, 2.45) is 5.73 Å². The van der Waals surface area contributed by atoms with E-state index >= 15 is 0 Å². The Hall–Kier alpha value is -2.62. The van der Waals surface area contributed by atoms with Crippen LogP contribution in [0.5, 0.6) is 0 Å². The Kier molecular flexibility index (Phi) is 3.84. The quantitative estimate of drug-likeness (QED) is 0.662. The van der Waals surface area contributed by atoms with Gasteiger partial charge in [0.05, 0.1) is 0 Å². The van der Waals surface area contributed by atoms with Crippen molar-refractivity contribution in [3.8, 4) is 0 Å². The fourth-order valence-corrected chi connectivity index (χ4v) is 2.24. The Balaban J connectivity index is 2.92. The van der Waals surface area contributed by atoms with E-state index in [9.17, 15) is 9.18 Å². The zero-order valence-electron chi connectivity index (χ0n) is 11.1. The number of halogens is 1. The van der Waals surface area contributed by atoms with E-state index in [-0.39, 0.29) is 5.82 Å². The number of rotatable bonds is 4. The maximum atomic E-state index is 13.9. The van der Waals surface area contributed by atoms with Crippen LogP contribution in [-0.2, 0) is 0 Å². The van der Waals surface area contributed by atoms with Crippen LogP contribution in [-0.4, -0.2) is 13.3 Å². The number of hydrogen-bond acceptors (Lipinski definition) is 3. The molecule has 0 bridgehead atoms. The van der Waals surface area contributed by atoms with Crippen molar-refractivity contribution >= 4 is 28.4 Å². The highest BCUT2D eigenvalue weighted by Crippen LogP contribution is 2.32. The zero-order chi connectivity index (χ0) is 14.7. The fraction of sp³-hybridized carbons (Fsp3) is 0.0625. The van der Waals surface area contributed by atoms with E-state index < -0.39 is 0 Å². The van der Waals surface area contributed by atoms with Crippen molar-refractivity contribution in [3.63, 3.8) is 0 Å². The summed E-state index contributed by atoms with van der Waals surface area (Å²) in [6, 6.07) is 6.23. The van der Waals surface area contributed by atoms with E-state index in [1.807, 2.05) is 0 Å². The molecule has 0 aliphatic rings. The van der Waals surface area contributed by atoms with Gasteiger partial charge in [-0.3, -0.25) is 4.79 Å². The van der Waals surface area contributed by atoms with Crippen molar-refractivity contribution in [1.82, 2.24) is 0 Å². The molecule has 0 aromatic heterocycles. The smallest absolute Gasteiger partial charge is 0.151 e. The van der Waals surface area contributed by atoms with Crippen LogP contribution in [0.3, 0.4) is 0 Å². The molecule has 0 amide bonds. The molecule has 102 valence electrons. The topological polar surface area (TPSA) is 55.1 Å². The Morgan fingerprint density at radius 3 is 2.70 bits per heavy atom. The number of anilines is 1. The second-order valence-corrected chi connectivity index (χ2v) is 4.27. The summed E-state index contributed by atoms with van der Waals surface area (Å²) < 4.78 is 13.9. The number of fused-ring (bicyclic) bond motifs is 1. The molecule has 0 radical (unpaired) electrons. The summed E-state index contributed by atoms with van der Waals surface area (Å²) in [5.41, 5.74) is 7.94. The predicted octanol–water partition coefficient (Wildman–Crippen LogP) is 3.32. The van der Waals surface area contributed by atoms with Crippen molar-refractivity contribution in [2.75, 3.05) is 12.4 Å². The minimum absolute atomic E-state index is 0.363. The summed E-state index contributed by atoms with van der Waals surface area (Å²) in [6.45, 7) is 3.57. The van der Waals surface area contributed by atoms with Crippen LogP contribution >= 0.6 is 0 Å². The van der Waals surface area contributed by atoms with Crippen molar-refractivity contribution in [1.29, 1.82) is 0 Å². The van der Waals surface area contributed by atoms with Crippen LogP contribution in [0, 0.1) is 5.82 Å². The van der Waals surface area contributed by atoms with Crippen LogP contribution in [0.15, 0.2) is 43.0 Å². The number of allylic oxidation sites excluding steroid dienone is 2. The summed E-state index contributed by atoms with van der Waals surface area (Å²) in [4.78, 5) is 11.5. The molecule has 0 saturated heterocycles. The lowest BCUT2D eigenvalue weighted by Crippen LogP contribution is -2.03. The van der Waals surface area contributed by atoms with Gasteiger partial charge >= 0.3 is 0 Å². The van der Waals surface area contributed by atoms with Gasteiger partial charge in [-0.2, -0.15) is 0 Å². The van der Waals surface area contributed by atoms with Gasteiger partial charge in [0, 0.05) is 40.3 Å². The highest BCUT2D eigenvalue weighted by Gasteiger charge is 2.14. The lowest BCUT2D eigenvalue weighted by molar-refractivity contribution is 0.112. The first-order valence-corrected chi connectivity index (χ1v) is 6.10. The maximum Gasteiger partial charge on any atom is 0.151 e. The molecule has 0 heterocycles. The normalized spacial score (nSPS) is 11.4. The molecule has 0 aliphatic carbocycles. The molecule has 2 rings (SSSR count). The first-order valence-electron chi connectivity index (χ1n) is 6.10. The Labute approximate surface area is 116 Å². The van der Waals surface area contributed by atoms with Crippen molar-refractivity contribution in [3.05, 3.63) is 59.9 Å². The molecule has 4 heteroatoms. The first-order chi connectivity index (χ1) is 9.63. The Morgan fingerprint density at radius 2 is 2.10 bits per heavy atom. The average Bonchev–Trinajstić information content (AvgIpc) is 2.46. The minimum Gasteiger partial charge on any atom is -0.398 e. The fourth-order valence-electron chi connectivity index (χ4n) is 2.24. The number of carbonyl (C=O) groups excluding carboxylic acids is 1. The molecule has 3 N–H and O–H groups in total. The third kappa shape index (κ3) is 2.16.